The van der Waals surface area contributed by atoms with Gasteiger partial charge in [-0.1, -0.05) is 6.58 Å². The second-order valence-electron chi connectivity index (χ2n) is 5.58. The van der Waals surface area contributed by atoms with Gasteiger partial charge in [-0.2, -0.15) is 4.98 Å². The first-order valence-corrected chi connectivity index (χ1v) is 7.51. The normalized spacial score (nSPS) is 24.9. The lowest BCUT2D eigenvalue weighted by molar-refractivity contribution is -0.160. The van der Waals surface area contributed by atoms with Gasteiger partial charge in [-0.05, 0) is 13.0 Å². The predicted molar refractivity (Wildman–Crippen MR) is 84.5 cm³/mol. The molecule has 0 bridgehead atoms. The van der Waals surface area contributed by atoms with Crippen molar-refractivity contribution in [2.75, 3.05) is 18.9 Å². The second-order valence-corrected chi connectivity index (χ2v) is 5.58. The van der Waals surface area contributed by atoms with E-state index in [0.717, 1.165) is 4.57 Å². The monoisotopic (exact) mass is 371 g/mol. The fourth-order valence-corrected chi connectivity index (χ4v) is 2.15. The third-order valence-corrected chi connectivity index (χ3v) is 3.50. The average Bonchev–Trinajstić information content (AvgIpc) is 2.86. The van der Waals surface area contributed by atoms with Crippen LogP contribution >= 0.6 is 0 Å². The quantitative estimate of drug-likeness (QED) is 0.479. The molecule has 2 heterocycles. The highest BCUT2D eigenvalue weighted by molar-refractivity contribution is 5.88. The Hall–Kier alpha value is -2.79. The molecule has 1 aromatic rings. The van der Waals surface area contributed by atoms with Crippen LogP contribution in [-0.4, -0.2) is 58.2 Å². The number of aliphatic hydroxyl groups is 1. The summed E-state index contributed by atoms with van der Waals surface area (Å²) in [5.41, 5.74) is 4.61. The van der Waals surface area contributed by atoms with E-state index in [4.69, 9.17) is 15.2 Å². The van der Waals surface area contributed by atoms with E-state index in [2.05, 4.69) is 16.3 Å². The van der Waals surface area contributed by atoms with Crippen molar-refractivity contribution in [3.8, 4) is 0 Å². The molecule has 142 valence electrons. The number of esters is 2. The lowest BCUT2D eigenvalue weighted by atomic mass is 10.1. The summed E-state index contributed by atoms with van der Waals surface area (Å²) in [6.07, 6.45) is -5.09. The summed E-state index contributed by atoms with van der Waals surface area (Å²) in [6.45, 7) is 3.59. The highest BCUT2D eigenvalue weighted by Crippen LogP contribution is 2.31. The van der Waals surface area contributed by atoms with Crippen LogP contribution in [0.25, 0.3) is 0 Å². The first-order chi connectivity index (χ1) is 12.2. The summed E-state index contributed by atoms with van der Waals surface area (Å²) >= 11 is 0. The molecule has 26 heavy (non-hydrogen) atoms. The van der Waals surface area contributed by atoms with E-state index in [1.165, 1.54) is 19.2 Å². The van der Waals surface area contributed by atoms with E-state index < -0.39 is 55.4 Å². The van der Waals surface area contributed by atoms with Crippen molar-refractivity contribution in [3.63, 3.8) is 0 Å². The number of alkyl halides is 1. The third kappa shape index (κ3) is 4.43. The number of hydrogen-bond donors (Lipinski definition) is 2. The van der Waals surface area contributed by atoms with Crippen molar-refractivity contribution in [1.29, 1.82) is 0 Å². The van der Waals surface area contributed by atoms with Crippen molar-refractivity contribution < 1.29 is 33.3 Å². The largest absolute Gasteiger partial charge is 0.460 e. The summed E-state index contributed by atoms with van der Waals surface area (Å²) < 4.78 is 29.7. The number of rotatable bonds is 6. The number of carbonyl (C=O) groups is 2. The standard InChI is InChI=1S/C15H18FN3O7/c1-7(2)14(22)25-6-10(20)24-5-8-12(21)11(16)13(26-8)19-4-3-9(17)18-15(19)23/h3-4,8,11-13,21H,1,5-6H2,2H3,(H2,17,18,23)/t8-,11+,12?,13-/m1/s1. The van der Waals surface area contributed by atoms with Gasteiger partial charge in [0.15, 0.2) is 19.0 Å². The molecule has 2 rings (SSSR count). The molecule has 0 amide bonds. The third-order valence-electron chi connectivity index (χ3n) is 3.50. The van der Waals surface area contributed by atoms with Gasteiger partial charge in [-0.3, -0.25) is 4.57 Å². The van der Waals surface area contributed by atoms with Crippen molar-refractivity contribution in [2.24, 2.45) is 0 Å². The van der Waals surface area contributed by atoms with E-state index >= 15 is 0 Å². The lowest BCUT2D eigenvalue weighted by Crippen LogP contribution is -2.34. The number of nitrogen functional groups attached to an aromatic ring is 1. The smallest absolute Gasteiger partial charge is 0.351 e. The van der Waals surface area contributed by atoms with E-state index in [9.17, 15) is 23.9 Å². The molecule has 0 aliphatic carbocycles. The van der Waals surface area contributed by atoms with Gasteiger partial charge in [0.05, 0.1) is 0 Å². The Morgan fingerprint density at radius 2 is 2.19 bits per heavy atom. The Kier molecular flexibility index (Phi) is 6.05. The van der Waals surface area contributed by atoms with Crippen LogP contribution in [0.2, 0.25) is 0 Å². The number of hydrogen-bond acceptors (Lipinski definition) is 9. The average molecular weight is 371 g/mol. The zero-order chi connectivity index (χ0) is 19.4. The van der Waals surface area contributed by atoms with E-state index in [-0.39, 0.29) is 11.4 Å². The molecule has 1 aliphatic rings. The maximum atomic E-state index is 14.3. The minimum atomic E-state index is -1.96. The van der Waals surface area contributed by atoms with Gasteiger partial charge in [0.1, 0.15) is 24.6 Å². The summed E-state index contributed by atoms with van der Waals surface area (Å²) in [7, 11) is 0. The van der Waals surface area contributed by atoms with E-state index in [1.807, 2.05) is 0 Å². The zero-order valence-corrected chi connectivity index (χ0v) is 13.8. The van der Waals surface area contributed by atoms with Crippen LogP contribution in [-0.2, 0) is 23.8 Å². The van der Waals surface area contributed by atoms with Crippen LogP contribution < -0.4 is 11.4 Å². The van der Waals surface area contributed by atoms with Gasteiger partial charge in [-0.25, -0.2) is 18.8 Å². The molecule has 1 aromatic heterocycles. The SMILES string of the molecule is C=C(C)C(=O)OCC(=O)OC[C@H]1O[C@@H](n2ccc(N)nc2=O)[C@@H](F)C1O. The van der Waals surface area contributed by atoms with Crippen LogP contribution in [0.3, 0.4) is 0 Å². The molecule has 1 aliphatic heterocycles. The number of anilines is 1. The number of aromatic nitrogens is 2. The van der Waals surface area contributed by atoms with Crippen LogP contribution in [0.1, 0.15) is 13.2 Å². The molecule has 1 unspecified atom stereocenters. The number of halogens is 1. The first-order valence-electron chi connectivity index (χ1n) is 7.51. The summed E-state index contributed by atoms with van der Waals surface area (Å²) in [6, 6.07) is 1.27. The summed E-state index contributed by atoms with van der Waals surface area (Å²) in [4.78, 5) is 37.9. The fourth-order valence-electron chi connectivity index (χ4n) is 2.15. The van der Waals surface area contributed by atoms with Crippen molar-refractivity contribution in [1.82, 2.24) is 9.55 Å². The second kappa shape index (κ2) is 8.06. The Morgan fingerprint density at radius 3 is 2.81 bits per heavy atom. The van der Waals surface area contributed by atoms with Crippen molar-refractivity contribution in [3.05, 3.63) is 34.9 Å². The predicted octanol–water partition coefficient (Wildman–Crippen LogP) is -0.916. The molecule has 0 saturated carbocycles. The molecule has 0 spiro atoms. The Labute approximate surface area is 147 Å². The fraction of sp³-hybridized carbons (Fsp3) is 0.467. The van der Waals surface area contributed by atoms with Gasteiger partial charge in [-0.15, -0.1) is 0 Å². The van der Waals surface area contributed by atoms with E-state index in [1.54, 1.807) is 0 Å². The summed E-state index contributed by atoms with van der Waals surface area (Å²) in [5, 5.41) is 9.89. The number of nitrogens with two attached hydrogens (primary N) is 1. The maximum Gasteiger partial charge on any atom is 0.351 e. The number of ether oxygens (including phenoxy) is 3. The Bertz CT molecular complexity index is 766. The molecule has 10 nitrogen and oxygen atoms in total. The minimum Gasteiger partial charge on any atom is -0.460 e. The van der Waals surface area contributed by atoms with Gasteiger partial charge in [0.25, 0.3) is 0 Å². The van der Waals surface area contributed by atoms with Crippen molar-refractivity contribution in [2.45, 2.75) is 31.5 Å². The Balaban J connectivity index is 1.93. The van der Waals surface area contributed by atoms with Crippen molar-refractivity contribution >= 4 is 17.8 Å². The topological polar surface area (TPSA) is 143 Å². The molecule has 11 heteroatoms. The molecule has 0 radical (unpaired) electrons. The molecule has 1 fully saturated rings. The minimum absolute atomic E-state index is 0.0463. The highest BCUT2D eigenvalue weighted by atomic mass is 19.1. The van der Waals surface area contributed by atoms with Gasteiger partial charge in [0, 0.05) is 11.8 Å². The zero-order valence-electron chi connectivity index (χ0n) is 13.8. The first kappa shape index (κ1) is 19.5. The van der Waals surface area contributed by atoms with Crippen LogP contribution in [0, 0.1) is 0 Å². The van der Waals surface area contributed by atoms with E-state index in [0.29, 0.717) is 0 Å². The van der Waals surface area contributed by atoms with Crippen LogP contribution in [0.4, 0.5) is 10.2 Å². The Morgan fingerprint density at radius 1 is 1.50 bits per heavy atom. The summed E-state index contributed by atoms with van der Waals surface area (Å²) in [5.74, 6) is -1.73. The molecule has 1 saturated heterocycles. The van der Waals surface area contributed by atoms with Gasteiger partial charge in [0.2, 0.25) is 0 Å². The highest BCUT2D eigenvalue weighted by Gasteiger charge is 2.46. The van der Waals surface area contributed by atoms with Gasteiger partial charge >= 0.3 is 17.6 Å². The molecule has 3 N–H and O–H groups in total. The molecule has 0 aromatic carbocycles. The van der Waals surface area contributed by atoms with Crippen LogP contribution in [0.5, 0.6) is 0 Å². The van der Waals surface area contributed by atoms with Crippen LogP contribution in [0.15, 0.2) is 29.2 Å². The lowest BCUT2D eigenvalue weighted by Gasteiger charge is -2.16. The molecular weight excluding hydrogens is 353 g/mol. The van der Waals surface area contributed by atoms with Gasteiger partial charge < -0.3 is 25.1 Å². The number of aliphatic hydroxyl groups excluding tert-OH is 1. The number of carbonyl (C=O) groups excluding carboxylic acids is 2. The molecular formula is C15H18FN3O7. The molecule has 4 atom stereocenters. The maximum absolute atomic E-state index is 14.3. The number of nitrogens with zero attached hydrogens (tertiary/aromatic N) is 2.